The molecule has 0 aliphatic rings. The Hall–Kier alpha value is -2.47. The van der Waals surface area contributed by atoms with Crippen LogP contribution in [0.4, 0.5) is 0 Å². The van der Waals surface area contributed by atoms with Crippen molar-refractivity contribution in [1.82, 2.24) is 0 Å². The molecule has 0 radical (unpaired) electrons. The van der Waals surface area contributed by atoms with Crippen molar-refractivity contribution >= 4 is 0 Å². The normalized spacial score (nSPS) is 10.5. The van der Waals surface area contributed by atoms with Crippen molar-refractivity contribution in [2.24, 2.45) is 0 Å². The number of aryl methyl sites for hydroxylation is 3. The van der Waals surface area contributed by atoms with E-state index in [1.807, 2.05) is 0 Å². The zero-order valence-electron chi connectivity index (χ0n) is 13.4. The molecule has 0 heterocycles. The summed E-state index contributed by atoms with van der Waals surface area (Å²) in [5, 5.41) is 0. The van der Waals surface area contributed by atoms with Crippen LogP contribution in [0.1, 0.15) is 33.4 Å². The maximum atomic E-state index is 2.21. The standard InChI is InChI=1S/C22H21/c1-16-4-10-19(11-5-16)22(20-12-6-17(2)7-13-20)21-14-8-18(3)9-15-21/h4-15H,1-3H3/q+1. The van der Waals surface area contributed by atoms with Gasteiger partial charge in [0.25, 0.3) is 0 Å². The van der Waals surface area contributed by atoms with Gasteiger partial charge in [-0.2, -0.15) is 0 Å². The zero-order valence-corrected chi connectivity index (χ0v) is 13.4. The first kappa shape index (κ1) is 14.5. The lowest BCUT2D eigenvalue weighted by Gasteiger charge is -2.14. The fourth-order valence-corrected chi connectivity index (χ4v) is 2.66. The smallest absolute Gasteiger partial charge is 0.0400 e. The lowest BCUT2D eigenvalue weighted by Crippen LogP contribution is -2.04. The predicted molar refractivity (Wildman–Crippen MR) is 94.1 cm³/mol. The Bertz CT molecular complexity index is 623. The van der Waals surface area contributed by atoms with Crippen LogP contribution in [0.25, 0.3) is 0 Å². The molecule has 0 bridgehead atoms. The molecule has 0 saturated heterocycles. The molecular formula is C22H21+. The highest BCUT2D eigenvalue weighted by Crippen LogP contribution is 2.31. The molecule has 22 heavy (non-hydrogen) atoms. The van der Waals surface area contributed by atoms with Gasteiger partial charge in [0.05, 0.1) is 22.6 Å². The van der Waals surface area contributed by atoms with Crippen LogP contribution in [0.3, 0.4) is 0 Å². The monoisotopic (exact) mass is 285 g/mol. The Morgan fingerprint density at radius 3 is 0.864 bits per heavy atom. The fraction of sp³-hybridized carbons (Fsp3) is 0.136. The van der Waals surface area contributed by atoms with Gasteiger partial charge < -0.3 is 0 Å². The van der Waals surface area contributed by atoms with Gasteiger partial charge in [-0.25, -0.2) is 0 Å². The minimum Gasteiger partial charge on any atom is -0.0400 e. The summed E-state index contributed by atoms with van der Waals surface area (Å²) in [6.45, 7) is 6.38. The van der Waals surface area contributed by atoms with Crippen LogP contribution in [-0.4, -0.2) is 0 Å². The number of hydrogen-bond donors (Lipinski definition) is 0. The molecule has 0 fully saturated rings. The van der Waals surface area contributed by atoms with Gasteiger partial charge in [-0.1, -0.05) is 0 Å². The zero-order chi connectivity index (χ0) is 15.5. The average molecular weight is 285 g/mol. The number of hydrogen-bond acceptors (Lipinski definition) is 0. The summed E-state index contributed by atoms with van der Waals surface area (Å²) >= 11 is 0. The molecule has 0 heteroatoms. The Kier molecular flexibility index (Phi) is 4.02. The van der Waals surface area contributed by atoms with Crippen molar-refractivity contribution in [3.05, 3.63) is 112 Å². The summed E-state index contributed by atoms with van der Waals surface area (Å²) in [5.74, 6) is 1.29. The van der Waals surface area contributed by atoms with Crippen LogP contribution in [0, 0.1) is 26.7 Å². The van der Waals surface area contributed by atoms with E-state index in [0.717, 1.165) is 0 Å². The molecule has 0 spiro atoms. The molecule has 0 N–H and O–H groups in total. The molecule has 0 aromatic heterocycles. The molecule has 0 saturated carbocycles. The summed E-state index contributed by atoms with van der Waals surface area (Å²) in [5.41, 5.74) is 7.65. The minimum atomic E-state index is 1.26. The van der Waals surface area contributed by atoms with E-state index in [9.17, 15) is 0 Å². The molecule has 108 valence electrons. The van der Waals surface area contributed by atoms with Crippen LogP contribution in [0.5, 0.6) is 0 Å². The molecule has 3 aromatic rings. The highest BCUT2D eigenvalue weighted by Gasteiger charge is 2.22. The van der Waals surface area contributed by atoms with Crippen molar-refractivity contribution in [1.29, 1.82) is 0 Å². The second-order valence-corrected chi connectivity index (χ2v) is 5.97. The first-order chi connectivity index (χ1) is 10.6. The molecule has 0 atom stereocenters. The van der Waals surface area contributed by atoms with Crippen molar-refractivity contribution < 1.29 is 0 Å². The van der Waals surface area contributed by atoms with Crippen LogP contribution < -0.4 is 0 Å². The molecule has 3 aromatic carbocycles. The van der Waals surface area contributed by atoms with Crippen molar-refractivity contribution in [3.63, 3.8) is 0 Å². The van der Waals surface area contributed by atoms with Gasteiger partial charge in [-0.05, 0) is 110 Å². The maximum absolute atomic E-state index is 2.21. The third-order valence-corrected chi connectivity index (χ3v) is 4.02. The van der Waals surface area contributed by atoms with E-state index in [1.165, 1.54) is 39.3 Å². The lowest BCUT2D eigenvalue weighted by atomic mass is 9.84. The van der Waals surface area contributed by atoms with Gasteiger partial charge >= 0.3 is 0 Å². The average Bonchev–Trinajstić information content (AvgIpc) is 2.53. The van der Waals surface area contributed by atoms with Crippen molar-refractivity contribution in [2.75, 3.05) is 0 Å². The minimum absolute atomic E-state index is 1.26. The Balaban J connectivity index is 2.10. The third-order valence-electron chi connectivity index (χ3n) is 4.02. The van der Waals surface area contributed by atoms with E-state index >= 15 is 0 Å². The Labute approximate surface area is 133 Å². The lowest BCUT2D eigenvalue weighted by molar-refractivity contribution is 1.21. The SMILES string of the molecule is Cc1ccc([C+](c2ccc(C)cc2)c2ccc(C)cc2)cc1. The maximum Gasteiger partial charge on any atom is 0.0631 e. The fourth-order valence-electron chi connectivity index (χ4n) is 2.66. The number of benzene rings is 3. The van der Waals surface area contributed by atoms with E-state index in [1.54, 1.807) is 0 Å². The van der Waals surface area contributed by atoms with Crippen LogP contribution in [0.15, 0.2) is 72.8 Å². The van der Waals surface area contributed by atoms with Gasteiger partial charge in [-0.15, -0.1) is 0 Å². The summed E-state index contributed by atoms with van der Waals surface area (Å²) in [6.07, 6.45) is 0. The largest absolute Gasteiger partial charge is 0.0631 e. The summed E-state index contributed by atoms with van der Waals surface area (Å²) in [6, 6.07) is 26.3. The highest BCUT2D eigenvalue weighted by atomic mass is 14.2. The second-order valence-electron chi connectivity index (χ2n) is 5.97. The number of rotatable bonds is 3. The van der Waals surface area contributed by atoms with E-state index in [2.05, 4.69) is 93.6 Å². The van der Waals surface area contributed by atoms with Crippen LogP contribution in [0.2, 0.25) is 0 Å². The topological polar surface area (TPSA) is 0 Å². The van der Waals surface area contributed by atoms with Crippen molar-refractivity contribution in [2.45, 2.75) is 20.8 Å². The molecule has 3 rings (SSSR count). The Morgan fingerprint density at radius 1 is 0.409 bits per heavy atom. The summed E-state index contributed by atoms with van der Waals surface area (Å²) < 4.78 is 0. The van der Waals surface area contributed by atoms with Crippen molar-refractivity contribution in [3.8, 4) is 0 Å². The van der Waals surface area contributed by atoms with Gasteiger partial charge in [0.1, 0.15) is 0 Å². The van der Waals surface area contributed by atoms with E-state index in [-0.39, 0.29) is 0 Å². The van der Waals surface area contributed by atoms with Gasteiger partial charge in [0, 0.05) is 0 Å². The molecule has 0 unspecified atom stereocenters. The Morgan fingerprint density at radius 2 is 0.636 bits per heavy atom. The molecular weight excluding hydrogens is 264 g/mol. The van der Waals surface area contributed by atoms with Gasteiger partial charge in [0.15, 0.2) is 0 Å². The van der Waals surface area contributed by atoms with Gasteiger partial charge in [0.2, 0.25) is 0 Å². The summed E-state index contributed by atoms with van der Waals surface area (Å²) in [4.78, 5) is 0. The molecule has 0 amide bonds. The van der Waals surface area contributed by atoms with E-state index in [4.69, 9.17) is 0 Å². The molecule has 0 aliphatic carbocycles. The van der Waals surface area contributed by atoms with E-state index in [0.29, 0.717) is 0 Å². The quantitative estimate of drug-likeness (QED) is 0.432. The second kappa shape index (κ2) is 6.11. The molecule has 0 aliphatic heterocycles. The first-order valence-electron chi connectivity index (χ1n) is 7.71. The summed E-state index contributed by atoms with van der Waals surface area (Å²) in [7, 11) is 0. The highest BCUT2D eigenvalue weighted by molar-refractivity contribution is 5.57. The third kappa shape index (κ3) is 3.07. The van der Waals surface area contributed by atoms with E-state index < -0.39 is 0 Å². The van der Waals surface area contributed by atoms with Crippen LogP contribution in [-0.2, 0) is 0 Å². The molecule has 0 nitrogen and oxygen atoms in total. The predicted octanol–water partition coefficient (Wildman–Crippen LogP) is 5.63. The first-order valence-corrected chi connectivity index (χ1v) is 7.71. The van der Waals surface area contributed by atoms with Gasteiger partial charge in [-0.3, -0.25) is 0 Å². The van der Waals surface area contributed by atoms with Crippen LogP contribution >= 0.6 is 0 Å².